The summed E-state index contributed by atoms with van der Waals surface area (Å²) in [5.74, 6) is -0.0701. The van der Waals surface area contributed by atoms with E-state index in [4.69, 9.17) is 5.11 Å². The summed E-state index contributed by atoms with van der Waals surface area (Å²) in [4.78, 5) is 11.2. The van der Waals surface area contributed by atoms with Crippen molar-refractivity contribution in [2.45, 2.75) is 12.7 Å². The molecule has 0 aliphatic rings. The Kier molecular flexibility index (Phi) is 4.26. The van der Waals surface area contributed by atoms with Crippen LogP contribution in [0.2, 0.25) is 0 Å². The van der Waals surface area contributed by atoms with Crippen LogP contribution in [0.5, 0.6) is 0 Å². The third kappa shape index (κ3) is 4.14. The second-order valence-electron chi connectivity index (χ2n) is 2.87. The van der Waals surface area contributed by atoms with Crippen molar-refractivity contribution in [2.75, 3.05) is 0 Å². The number of carbonyl (C=O) groups is 1. The van der Waals surface area contributed by atoms with Crippen LogP contribution in [0.25, 0.3) is 0 Å². The van der Waals surface area contributed by atoms with Gasteiger partial charge in [0.05, 0.1) is 0 Å². The van der Waals surface area contributed by atoms with Gasteiger partial charge in [0, 0.05) is 11.8 Å². The zero-order valence-corrected chi connectivity index (χ0v) is 8.75. The number of allylic oxidation sites excluding steroid dienone is 1. The molecule has 0 spiro atoms. The molecule has 0 aliphatic carbocycles. The Morgan fingerprint density at radius 1 is 1.43 bits per heavy atom. The molecule has 1 rings (SSSR count). The highest BCUT2D eigenvalue weighted by molar-refractivity contribution is 8.02. The summed E-state index contributed by atoms with van der Waals surface area (Å²) in [6.45, 7) is 1.81. The number of aliphatic carboxylic acids is 1. The third-order valence-corrected chi connectivity index (χ3v) is 2.69. The average molecular weight is 208 g/mol. The number of thioether (sulfide) groups is 1. The molecule has 0 aromatic heterocycles. The number of hydrogen-bond donors (Lipinski definition) is 1. The quantitative estimate of drug-likeness (QED) is 0.773. The maximum absolute atomic E-state index is 10.3. The lowest BCUT2D eigenvalue weighted by molar-refractivity contribution is -0.131. The predicted molar refractivity (Wildman–Crippen MR) is 59.1 cm³/mol. The number of carboxylic acids is 1. The molecule has 1 aromatic rings. The molecule has 0 heterocycles. The molecule has 0 aliphatic heterocycles. The number of rotatable bonds is 4. The molecule has 0 saturated carbocycles. The Labute approximate surface area is 87.6 Å². The summed E-state index contributed by atoms with van der Waals surface area (Å²) in [6.07, 6.45) is 1.23. The summed E-state index contributed by atoms with van der Waals surface area (Å²) >= 11 is 1.54. The van der Waals surface area contributed by atoms with Crippen molar-refractivity contribution in [2.24, 2.45) is 0 Å². The van der Waals surface area contributed by atoms with Crippen molar-refractivity contribution in [3.05, 3.63) is 46.9 Å². The number of hydrogen-bond acceptors (Lipinski definition) is 2. The summed E-state index contributed by atoms with van der Waals surface area (Å²) in [5.41, 5.74) is 1.20. The molecule has 0 amide bonds. The van der Waals surface area contributed by atoms with E-state index in [0.29, 0.717) is 0 Å². The van der Waals surface area contributed by atoms with E-state index in [0.717, 1.165) is 10.7 Å². The lowest BCUT2D eigenvalue weighted by Gasteiger charge is -2.00. The van der Waals surface area contributed by atoms with Crippen molar-refractivity contribution in [3.63, 3.8) is 0 Å². The van der Waals surface area contributed by atoms with Crippen molar-refractivity contribution in [1.82, 2.24) is 0 Å². The zero-order chi connectivity index (χ0) is 10.4. The van der Waals surface area contributed by atoms with E-state index >= 15 is 0 Å². The van der Waals surface area contributed by atoms with Gasteiger partial charge in [-0.2, -0.15) is 0 Å². The first-order chi connectivity index (χ1) is 6.68. The fourth-order valence-electron chi connectivity index (χ4n) is 0.987. The number of benzene rings is 1. The monoisotopic (exact) mass is 208 g/mol. The van der Waals surface area contributed by atoms with E-state index < -0.39 is 5.97 Å². The molecular formula is C11H12O2S. The molecule has 2 nitrogen and oxygen atoms in total. The molecule has 0 bridgehead atoms. The van der Waals surface area contributed by atoms with Crippen LogP contribution < -0.4 is 0 Å². The van der Waals surface area contributed by atoms with Crippen LogP contribution >= 0.6 is 11.8 Å². The van der Waals surface area contributed by atoms with Gasteiger partial charge in [-0.1, -0.05) is 30.3 Å². The first-order valence-corrected chi connectivity index (χ1v) is 5.25. The van der Waals surface area contributed by atoms with Gasteiger partial charge in [-0.05, 0) is 17.4 Å². The maximum atomic E-state index is 10.3. The fraction of sp³-hybridized carbons (Fsp3) is 0.182. The van der Waals surface area contributed by atoms with Gasteiger partial charge >= 0.3 is 5.97 Å². The van der Waals surface area contributed by atoms with Gasteiger partial charge in [0.1, 0.15) is 0 Å². The third-order valence-electron chi connectivity index (χ3n) is 1.64. The van der Waals surface area contributed by atoms with Gasteiger partial charge in [-0.25, -0.2) is 4.79 Å². The molecule has 74 valence electrons. The van der Waals surface area contributed by atoms with Crippen molar-refractivity contribution >= 4 is 17.7 Å². The van der Waals surface area contributed by atoms with E-state index in [1.165, 1.54) is 23.4 Å². The minimum absolute atomic E-state index is 0.816. The van der Waals surface area contributed by atoms with Gasteiger partial charge < -0.3 is 5.11 Å². The van der Waals surface area contributed by atoms with Crippen molar-refractivity contribution < 1.29 is 9.90 Å². The first kappa shape index (κ1) is 10.9. The minimum Gasteiger partial charge on any atom is -0.478 e. The summed E-state index contributed by atoms with van der Waals surface area (Å²) < 4.78 is 0. The SMILES string of the molecule is C/C(=C\C(=O)O)SCc1ccccc1. The van der Waals surface area contributed by atoms with Gasteiger partial charge in [-0.3, -0.25) is 0 Å². The number of carboxylic acid groups (broad SMARTS) is 1. The topological polar surface area (TPSA) is 37.3 Å². The van der Waals surface area contributed by atoms with Crippen LogP contribution in [-0.2, 0) is 10.5 Å². The Morgan fingerprint density at radius 2 is 2.07 bits per heavy atom. The van der Waals surface area contributed by atoms with E-state index in [1.807, 2.05) is 37.3 Å². The standard InChI is InChI=1S/C11H12O2S/c1-9(7-11(12)13)14-8-10-5-3-2-4-6-10/h2-7H,8H2,1H3,(H,12,13)/b9-7+. The average Bonchev–Trinajstić information content (AvgIpc) is 2.15. The predicted octanol–water partition coefficient (Wildman–Crippen LogP) is 2.91. The smallest absolute Gasteiger partial charge is 0.329 e. The second-order valence-corrected chi connectivity index (χ2v) is 4.09. The molecule has 1 aromatic carbocycles. The Hall–Kier alpha value is -1.22. The molecule has 0 atom stereocenters. The van der Waals surface area contributed by atoms with Crippen LogP contribution in [0.3, 0.4) is 0 Å². The van der Waals surface area contributed by atoms with Gasteiger partial charge in [0.2, 0.25) is 0 Å². The molecule has 0 saturated heterocycles. The molecule has 0 unspecified atom stereocenters. The normalized spacial score (nSPS) is 11.4. The van der Waals surface area contributed by atoms with E-state index in [2.05, 4.69) is 0 Å². The summed E-state index contributed by atoms with van der Waals surface area (Å²) in [7, 11) is 0. The highest BCUT2D eigenvalue weighted by atomic mass is 32.2. The van der Waals surface area contributed by atoms with Crippen molar-refractivity contribution in [1.29, 1.82) is 0 Å². The van der Waals surface area contributed by atoms with Crippen LogP contribution in [0, 0.1) is 0 Å². The highest BCUT2D eigenvalue weighted by Gasteiger charge is 1.96. The molecule has 14 heavy (non-hydrogen) atoms. The summed E-state index contributed by atoms with van der Waals surface area (Å²) in [6, 6.07) is 9.98. The van der Waals surface area contributed by atoms with Crippen LogP contribution in [0.15, 0.2) is 41.3 Å². The van der Waals surface area contributed by atoms with E-state index in [1.54, 1.807) is 0 Å². The van der Waals surface area contributed by atoms with E-state index in [-0.39, 0.29) is 0 Å². The largest absolute Gasteiger partial charge is 0.478 e. The molecular weight excluding hydrogens is 196 g/mol. The first-order valence-electron chi connectivity index (χ1n) is 4.26. The van der Waals surface area contributed by atoms with Crippen molar-refractivity contribution in [3.8, 4) is 0 Å². The minimum atomic E-state index is -0.886. The Morgan fingerprint density at radius 3 is 2.64 bits per heavy atom. The van der Waals surface area contributed by atoms with Gasteiger partial charge in [0.15, 0.2) is 0 Å². The van der Waals surface area contributed by atoms with E-state index in [9.17, 15) is 4.79 Å². The summed E-state index contributed by atoms with van der Waals surface area (Å²) in [5, 5.41) is 8.49. The molecule has 1 N–H and O–H groups in total. The fourth-order valence-corrected chi connectivity index (χ4v) is 1.76. The second kappa shape index (κ2) is 5.50. The van der Waals surface area contributed by atoms with Crippen LogP contribution in [0.4, 0.5) is 0 Å². The van der Waals surface area contributed by atoms with Crippen LogP contribution in [-0.4, -0.2) is 11.1 Å². The zero-order valence-electron chi connectivity index (χ0n) is 7.93. The molecule has 3 heteroatoms. The Bertz CT molecular complexity index is 330. The maximum Gasteiger partial charge on any atom is 0.329 e. The highest BCUT2D eigenvalue weighted by Crippen LogP contribution is 2.20. The Balaban J connectivity index is 2.45. The van der Waals surface area contributed by atoms with Crippen LogP contribution in [0.1, 0.15) is 12.5 Å². The van der Waals surface area contributed by atoms with Gasteiger partial charge in [0.25, 0.3) is 0 Å². The lowest BCUT2D eigenvalue weighted by atomic mass is 10.2. The molecule has 0 radical (unpaired) electrons. The lowest BCUT2D eigenvalue weighted by Crippen LogP contribution is -1.88. The van der Waals surface area contributed by atoms with Gasteiger partial charge in [-0.15, -0.1) is 11.8 Å². The molecule has 0 fully saturated rings.